The van der Waals surface area contributed by atoms with Crippen LogP contribution in [-0.2, 0) is 17.9 Å². The number of benzene rings is 1. The summed E-state index contributed by atoms with van der Waals surface area (Å²) in [6, 6.07) is 8.31. The fourth-order valence-electron chi connectivity index (χ4n) is 2.77. The van der Waals surface area contributed by atoms with Gasteiger partial charge in [0.05, 0.1) is 0 Å². The molecule has 2 aromatic rings. The first kappa shape index (κ1) is 14.5. The number of aromatic nitrogens is 4. The van der Waals surface area contributed by atoms with Gasteiger partial charge in [-0.1, -0.05) is 18.2 Å². The van der Waals surface area contributed by atoms with Crippen LogP contribution in [0.15, 0.2) is 30.6 Å². The molecule has 0 unspecified atom stereocenters. The van der Waals surface area contributed by atoms with Gasteiger partial charge in [0, 0.05) is 32.4 Å². The van der Waals surface area contributed by atoms with Gasteiger partial charge in [-0.05, 0) is 34.9 Å². The summed E-state index contributed by atoms with van der Waals surface area (Å²) >= 11 is 0. The molecule has 1 amide bonds. The van der Waals surface area contributed by atoms with Gasteiger partial charge >= 0.3 is 0 Å². The van der Waals surface area contributed by atoms with Crippen LogP contribution in [-0.4, -0.2) is 51.2 Å². The molecule has 3 rings (SSSR count). The quantitative estimate of drug-likeness (QED) is 0.822. The summed E-state index contributed by atoms with van der Waals surface area (Å²) in [5.41, 5.74) is 2.42. The maximum absolute atomic E-state index is 12.2. The van der Waals surface area contributed by atoms with Crippen LogP contribution in [0.5, 0.6) is 0 Å². The van der Waals surface area contributed by atoms with Crippen LogP contribution >= 0.6 is 0 Å². The number of anilines is 1. The van der Waals surface area contributed by atoms with Gasteiger partial charge in [0.2, 0.25) is 5.91 Å². The molecule has 1 aromatic heterocycles. The molecule has 1 aliphatic rings. The van der Waals surface area contributed by atoms with E-state index in [0.717, 1.165) is 13.1 Å². The first-order valence-electron chi connectivity index (χ1n) is 7.51. The number of carbonyl (C=O) groups is 1. The van der Waals surface area contributed by atoms with Crippen molar-refractivity contribution in [1.82, 2.24) is 25.1 Å². The predicted molar refractivity (Wildman–Crippen MR) is 82.2 cm³/mol. The Bertz CT molecular complexity index is 621. The molecule has 0 atom stereocenters. The third-order valence-corrected chi connectivity index (χ3v) is 3.96. The van der Waals surface area contributed by atoms with Gasteiger partial charge in [-0.3, -0.25) is 4.79 Å². The van der Waals surface area contributed by atoms with Crippen molar-refractivity contribution >= 4 is 11.6 Å². The molecule has 0 saturated carbocycles. The first-order chi connectivity index (χ1) is 10.7. The minimum atomic E-state index is -0.0106. The zero-order valence-electron chi connectivity index (χ0n) is 12.7. The van der Waals surface area contributed by atoms with Crippen molar-refractivity contribution in [1.29, 1.82) is 0 Å². The summed E-state index contributed by atoms with van der Waals surface area (Å²) in [5.74, 6) is -0.0106. The number of hydrogen-bond acceptors (Lipinski definition) is 5. The average Bonchev–Trinajstić information content (AvgIpc) is 3.21. The Morgan fingerprint density at radius 1 is 1.27 bits per heavy atom. The van der Waals surface area contributed by atoms with Gasteiger partial charge in [-0.25, -0.2) is 4.68 Å². The molecule has 2 heterocycles. The largest absolute Gasteiger partial charge is 0.371 e. The number of tetrazole rings is 1. The number of carbonyl (C=O) groups excluding carboxylic acids is 1. The van der Waals surface area contributed by atoms with Crippen LogP contribution in [0.2, 0.25) is 0 Å². The third kappa shape index (κ3) is 3.24. The molecule has 22 heavy (non-hydrogen) atoms. The molecule has 0 radical (unpaired) electrons. The van der Waals surface area contributed by atoms with Crippen molar-refractivity contribution in [3.8, 4) is 0 Å². The minimum Gasteiger partial charge on any atom is -0.371 e. The summed E-state index contributed by atoms with van der Waals surface area (Å²) < 4.78 is 1.44. The molecule has 0 spiro atoms. The Hall–Kier alpha value is -2.44. The predicted octanol–water partition coefficient (Wildman–Crippen LogP) is 0.932. The molecule has 0 bridgehead atoms. The number of rotatable bonds is 5. The average molecular weight is 300 g/mol. The van der Waals surface area contributed by atoms with Crippen LogP contribution < -0.4 is 4.90 Å². The van der Waals surface area contributed by atoms with Crippen LogP contribution in [0.3, 0.4) is 0 Å². The first-order valence-corrected chi connectivity index (χ1v) is 7.51. The van der Waals surface area contributed by atoms with Crippen molar-refractivity contribution < 1.29 is 4.79 Å². The molecular weight excluding hydrogens is 280 g/mol. The SMILES string of the molecule is CN(Cc1ccccc1N1CCCC1)C(=O)Cn1cnnn1. The van der Waals surface area contributed by atoms with E-state index in [1.165, 1.54) is 35.1 Å². The molecule has 0 N–H and O–H groups in total. The van der Waals surface area contributed by atoms with Crippen molar-refractivity contribution in [3.63, 3.8) is 0 Å². The second kappa shape index (κ2) is 6.55. The Morgan fingerprint density at radius 2 is 2.05 bits per heavy atom. The maximum atomic E-state index is 12.2. The topological polar surface area (TPSA) is 67.2 Å². The van der Waals surface area contributed by atoms with E-state index in [4.69, 9.17) is 0 Å². The smallest absolute Gasteiger partial charge is 0.244 e. The zero-order valence-corrected chi connectivity index (χ0v) is 12.7. The summed E-state index contributed by atoms with van der Waals surface area (Å²) in [6.07, 6.45) is 3.93. The normalized spacial score (nSPS) is 14.3. The number of hydrogen-bond donors (Lipinski definition) is 0. The lowest BCUT2D eigenvalue weighted by molar-refractivity contribution is -0.131. The van der Waals surface area contributed by atoms with Crippen molar-refractivity contribution in [2.24, 2.45) is 0 Å². The second-order valence-corrected chi connectivity index (χ2v) is 5.58. The summed E-state index contributed by atoms with van der Waals surface area (Å²) in [5, 5.41) is 10.8. The molecule has 1 aromatic carbocycles. The van der Waals surface area contributed by atoms with E-state index in [-0.39, 0.29) is 12.5 Å². The summed E-state index contributed by atoms with van der Waals surface area (Å²) in [4.78, 5) is 16.4. The maximum Gasteiger partial charge on any atom is 0.244 e. The number of para-hydroxylation sites is 1. The number of amides is 1. The molecular formula is C15H20N6O. The number of nitrogens with zero attached hydrogens (tertiary/aromatic N) is 6. The van der Waals surface area contributed by atoms with Crippen molar-refractivity contribution in [3.05, 3.63) is 36.2 Å². The molecule has 0 aliphatic carbocycles. The highest BCUT2D eigenvalue weighted by Crippen LogP contribution is 2.25. The van der Waals surface area contributed by atoms with E-state index in [9.17, 15) is 4.79 Å². The fraction of sp³-hybridized carbons (Fsp3) is 0.467. The zero-order chi connectivity index (χ0) is 15.4. The third-order valence-electron chi connectivity index (χ3n) is 3.96. The Balaban J connectivity index is 1.68. The van der Waals surface area contributed by atoms with Crippen molar-refractivity contribution in [2.75, 3.05) is 25.0 Å². The molecule has 1 saturated heterocycles. The highest BCUT2D eigenvalue weighted by molar-refractivity contribution is 5.75. The monoisotopic (exact) mass is 300 g/mol. The van der Waals surface area contributed by atoms with Gasteiger partial charge in [-0.15, -0.1) is 5.10 Å². The van der Waals surface area contributed by atoms with Crippen molar-refractivity contribution in [2.45, 2.75) is 25.9 Å². The second-order valence-electron chi connectivity index (χ2n) is 5.58. The van der Waals surface area contributed by atoms with Crippen LogP contribution in [0.4, 0.5) is 5.69 Å². The van der Waals surface area contributed by atoms with Gasteiger partial charge in [0.25, 0.3) is 0 Å². The minimum absolute atomic E-state index is 0.0106. The van der Waals surface area contributed by atoms with Gasteiger partial charge in [0.1, 0.15) is 12.9 Å². The number of likely N-dealkylation sites (N-methyl/N-ethyl adjacent to an activating group) is 1. The van der Waals surface area contributed by atoms with Gasteiger partial charge in [-0.2, -0.15) is 0 Å². The van der Waals surface area contributed by atoms with E-state index < -0.39 is 0 Å². The van der Waals surface area contributed by atoms with E-state index in [2.05, 4.69) is 38.6 Å². The van der Waals surface area contributed by atoms with Gasteiger partial charge in [0.15, 0.2) is 0 Å². The standard InChI is InChI=1S/C15H20N6O/c1-19(15(22)11-21-12-16-17-18-21)10-13-6-2-3-7-14(13)20-8-4-5-9-20/h2-3,6-7,12H,4-5,8-11H2,1H3. The molecule has 7 heteroatoms. The molecule has 116 valence electrons. The van der Waals surface area contributed by atoms with Gasteiger partial charge < -0.3 is 9.80 Å². The van der Waals surface area contributed by atoms with E-state index in [0.29, 0.717) is 6.54 Å². The summed E-state index contributed by atoms with van der Waals surface area (Å²) in [6.45, 7) is 2.95. The highest BCUT2D eigenvalue weighted by Gasteiger charge is 2.17. The van der Waals surface area contributed by atoms with Crippen LogP contribution in [0, 0.1) is 0 Å². The Kier molecular flexibility index (Phi) is 4.32. The van der Waals surface area contributed by atoms with E-state index in [1.54, 1.807) is 4.90 Å². The molecule has 1 fully saturated rings. The summed E-state index contributed by atoms with van der Waals surface area (Å²) in [7, 11) is 1.81. The lowest BCUT2D eigenvalue weighted by Gasteiger charge is -2.24. The fourth-order valence-corrected chi connectivity index (χ4v) is 2.77. The molecule has 7 nitrogen and oxygen atoms in total. The van der Waals surface area contributed by atoms with E-state index in [1.807, 2.05) is 13.1 Å². The lowest BCUT2D eigenvalue weighted by atomic mass is 10.1. The van der Waals surface area contributed by atoms with E-state index >= 15 is 0 Å². The van der Waals surface area contributed by atoms with Crippen LogP contribution in [0.25, 0.3) is 0 Å². The Morgan fingerprint density at radius 3 is 2.77 bits per heavy atom. The lowest BCUT2D eigenvalue weighted by Crippen LogP contribution is -2.31. The van der Waals surface area contributed by atoms with Crippen LogP contribution in [0.1, 0.15) is 18.4 Å². The molecule has 1 aliphatic heterocycles. The Labute approximate surface area is 129 Å². The highest BCUT2D eigenvalue weighted by atomic mass is 16.2.